The van der Waals surface area contributed by atoms with Gasteiger partial charge in [0.15, 0.2) is 0 Å². The van der Waals surface area contributed by atoms with Crippen LogP contribution in [0.2, 0.25) is 0 Å². The summed E-state index contributed by atoms with van der Waals surface area (Å²) >= 11 is 0. The molecular formula is C46H33N. The lowest BCUT2D eigenvalue weighted by Gasteiger charge is -2.29. The Hall–Kier alpha value is -6.18. The van der Waals surface area contributed by atoms with Crippen molar-refractivity contribution < 1.29 is 0 Å². The first-order chi connectivity index (χ1) is 23.3. The third kappa shape index (κ3) is 5.72. The average Bonchev–Trinajstić information content (AvgIpc) is 3.16. The second kappa shape index (κ2) is 12.7. The van der Waals surface area contributed by atoms with E-state index in [2.05, 4.69) is 205 Å². The molecule has 0 atom stereocenters. The number of anilines is 3. The van der Waals surface area contributed by atoms with Gasteiger partial charge in [-0.25, -0.2) is 0 Å². The lowest BCUT2D eigenvalue weighted by molar-refractivity contribution is 1.28. The van der Waals surface area contributed by atoms with Gasteiger partial charge in [0.05, 0.1) is 5.69 Å². The Morgan fingerprint density at radius 3 is 1.30 bits per heavy atom. The minimum absolute atomic E-state index is 1.10. The summed E-state index contributed by atoms with van der Waals surface area (Å²) < 4.78 is 0. The molecule has 0 aliphatic carbocycles. The largest absolute Gasteiger partial charge is 0.310 e. The van der Waals surface area contributed by atoms with Gasteiger partial charge in [0.1, 0.15) is 0 Å². The Bertz CT molecular complexity index is 2170. The van der Waals surface area contributed by atoms with E-state index in [9.17, 15) is 0 Å². The standard InChI is InChI=1S/C46H33N/c1-4-13-34(14-5-1)36-23-28-41(29-24-36)47(42-30-25-37(26-31-42)35-15-6-2-7-16-35)46-33-40(27-32-45(46)39-17-8-3-9-18-39)44-22-12-20-38-19-10-11-21-43(38)44/h1-33H. The molecule has 0 fully saturated rings. The van der Waals surface area contributed by atoms with Crippen LogP contribution in [0.1, 0.15) is 0 Å². The van der Waals surface area contributed by atoms with E-state index in [4.69, 9.17) is 0 Å². The number of hydrogen-bond acceptors (Lipinski definition) is 1. The molecule has 0 unspecified atom stereocenters. The minimum atomic E-state index is 1.10. The summed E-state index contributed by atoms with van der Waals surface area (Å²) in [7, 11) is 0. The topological polar surface area (TPSA) is 3.24 Å². The second-order valence-corrected chi connectivity index (χ2v) is 11.8. The van der Waals surface area contributed by atoms with Gasteiger partial charge < -0.3 is 4.90 Å². The number of nitrogens with zero attached hydrogens (tertiary/aromatic N) is 1. The molecule has 0 radical (unpaired) electrons. The van der Waals surface area contributed by atoms with Gasteiger partial charge in [-0.1, -0.05) is 170 Å². The quantitative estimate of drug-likeness (QED) is 0.176. The van der Waals surface area contributed by atoms with E-state index >= 15 is 0 Å². The highest BCUT2D eigenvalue weighted by atomic mass is 15.1. The number of hydrogen-bond donors (Lipinski definition) is 0. The van der Waals surface area contributed by atoms with Crippen LogP contribution in [-0.2, 0) is 0 Å². The van der Waals surface area contributed by atoms with Crippen molar-refractivity contribution in [3.05, 3.63) is 200 Å². The molecule has 0 amide bonds. The number of rotatable bonds is 7. The van der Waals surface area contributed by atoms with Gasteiger partial charge in [-0.3, -0.25) is 0 Å². The first kappa shape index (κ1) is 28.3. The summed E-state index contributed by atoms with van der Waals surface area (Å²) in [5, 5.41) is 2.49. The third-order valence-electron chi connectivity index (χ3n) is 8.89. The molecule has 0 aromatic heterocycles. The Kier molecular flexibility index (Phi) is 7.63. The molecule has 8 aromatic carbocycles. The maximum absolute atomic E-state index is 2.40. The predicted octanol–water partition coefficient (Wildman–Crippen LogP) is 13.0. The van der Waals surface area contributed by atoms with Gasteiger partial charge in [-0.05, 0) is 80.0 Å². The van der Waals surface area contributed by atoms with Crippen LogP contribution in [0.4, 0.5) is 17.1 Å². The molecule has 0 aliphatic rings. The molecule has 0 N–H and O–H groups in total. The molecule has 0 aliphatic heterocycles. The van der Waals surface area contributed by atoms with Crippen LogP contribution in [0.5, 0.6) is 0 Å². The number of fused-ring (bicyclic) bond motifs is 1. The van der Waals surface area contributed by atoms with Crippen LogP contribution in [0.3, 0.4) is 0 Å². The fraction of sp³-hybridized carbons (Fsp3) is 0. The molecule has 0 saturated heterocycles. The maximum Gasteiger partial charge on any atom is 0.0546 e. The molecule has 0 heterocycles. The van der Waals surface area contributed by atoms with E-state index < -0.39 is 0 Å². The van der Waals surface area contributed by atoms with Crippen LogP contribution in [0.25, 0.3) is 55.3 Å². The molecule has 222 valence electrons. The molecule has 8 aromatic rings. The van der Waals surface area contributed by atoms with Gasteiger partial charge in [0.2, 0.25) is 0 Å². The molecular weight excluding hydrogens is 567 g/mol. The first-order valence-corrected chi connectivity index (χ1v) is 16.1. The smallest absolute Gasteiger partial charge is 0.0546 e. The Balaban J connectivity index is 1.33. The molecule has 0 spiro atoms. The van der Waals surface area contributed by atoms with Gasteiger partial charge in [-0.2, -0.15) is 0 Å². The Labute approximate surface area is 276 Å². The third-order valence-corrected chi connectivity index (χ3v) is 8.89. The van der Waals surface area contributed by atoms with E-state index in [1.807, 2.05) is 0 Å². The summed E-state index contributed by atoms with van der Waals surface area (Å²) in [6.07, 6.45) is 0. The van der Waals surface area contributed by atoms with Crippen LogP contribution in [0, 0.1) is 0 Å². The zero-order chi connectivity index (χ0) is 31.4. The van der Waals surface area contributed by atoms with Gasteiger partial charge in [0.25, 0.3) is 0 Å². The monoisotopic (exact) mass is 599 g/mol. The van der Waals surface area contributed by atoms with Crippen molar-refractivity contribution in [3.8, 4) is 44.5 Å². The zero-order valence-corrected chi connectivity index (χ0v) is 26.0. The van der Waals surface area contributed by atoms with Crippen LogP contribution >= 0.6 is 0 Å². The lowest BCUT2D eigenvalue weighted by atomic mass is 9.94. The maximum atomic E-state index is 2.40. The summed E-state index contributed by atoms with van der Waals surface area (Å²) in [4.78, 5) is 2.40. The van der Waals surface area contributed by atoms with E-state index in [-0.39, 0.29) is 0 Å². The van der Waals surface area contributed by atoms with Crippen LogP contribution in [-0.4, -0.2) is 0 Å². The highest BCUT2D eigenvalue weighted by Gasteiger charge is 2.19. The summed E-state index contributed by atoms with van der Waals surface area (Å²) in [6, 6.07) is 71.9. The van der Waals surface area contributed by atoms with Crippen molar-refractivity contribution >= 4 is 27.8 Å². The van der Waals surface area contributed by atoms with E-state index in [0.717, 1.165) is 17.1 Å². The Morgan fingerprint density at radius 1 is 0.277 bits per heavy atom. The van der Waals surface area contributed by atoms with Crippen molar-refractivity contribution in [3.63, 3.8) is 0 Å². The Morgan fingerprint density at radius 2 is 0.723 bits per heavy atom. The minimum Gasteiger partial charge on any atom is -0.310 e. The predicted molar refractivity (Wildman–Crippen MR) is 200 cm³/mol. The molecule has 0 saturated carbocycles. The van der Waals surface area contributed by atoms with Gasteiger partial charge in [0, 0.05) is 16.9 Å². The highest BCUT2D eigenvalue weighted by molar-refractivity contribution is 5.99. The molecule has 0 bridgehead atoms. The SMILES string of the molecule is c1ccc(-c2ccc(N(c3ccc(-c4ccccc4)cc3)c3cc(-c4cccc5ccccc45)ccc3-c3ccccc3)cc2)cc1. The molecule has 1 heteroatoms. The summed E-state index contributed by atoms with van der Waals surface area (Å²) in [5.41, 5.74) is 12.9. The van der Waals surface area contributed by atoms with Gasteiger partial charge in [-0.15, -0.1) is 0 Å². The van der Waals surface area contributed by atoms with E-state index in [1.165, 1.54) is 55.3 Å². The highest BCUT2D eigenvalue weighted by Crippen LogP contribution is 2.44. The average molecular weight is 600 g/mol. The first-order valence-electron chi connectivity index (χ1n) is 16.1. The van der Waals surface area contributed by atoms with Crippen molar-refractivity contribution in [1.82, 2.24) is 0 Å². The second-order valence-electron chi connectivity index (χ2n) is 11.8. The number of benzene rings is 8. The van der Waals surface area contributed by atoms with Crippen LogP contribution < -0.4 is 4.90 Å². The molecule has 47 heavy (non-hydrogen) atoms. The molecule has 1 nitrogen and oxygen atoms in total. The van der Waals surface area contributed by atoms with E-state index in [0.29, 0.717) is 0 Å². The van der Waals surface area contributed by atoms with Crippen molar-refractivity contribution in [2.45, 2.75) is 0 Å². The van der Waals surface area contributed by atoms with Crippen molar-refractivity contribution in [2.75, 3.05) is 4.90 Å². The summed E-state index contributed by atoms with van der Waals surface area (Å²) in [6.45, 7) is 0. The lowest BCUT2D eigenvalue weighted by Crippen LogP contribution is -2.11. The fourth-order valence-corrected chi connectivity index (χ4v) is 6.52. The van der Waals surface area contributed by atoms with E-state index in [1.54, 1.807) is 0 Å². The van der Waals surface area contributed by atoms with Gasteiger partial charge >= 0.3 is 0 Å². The zero-order valence-electron chi connectivity index (χ0n) is 26.0. The van der Waals surface area contributed by atoms with Crippen molar-refractivity contribution in [1.29, 1.82) is 0 Å². The van der Waals surface area contributed by atoms with Crippen LogP contribution in [0.15, 0.2) is 200 Å². The summed E-state index contributed by atoms with van der Waals surface area (Å²) in [5.74, 6) is 0. The van der Waals surface area contributed by atoms with Crippen molar-refractivity contribution in [2.24, 2.45) is 0 Å². The fourth-order valence-electron chi connectivity index (χ4n) is 6.52. The normalized spacial score (nSPS) is 11.0. The molecule has 8 rings (SSSR count).